The molecule has 1 aromatic carbocycles. The number of rotatable bonds is 8. The lowest BCUT2D eigenvalue weighted by Gasteiger charge is -2.29. The summed E-state index contributed by atoms with van der Waals surface area (Å²) in [7, 11) is 0. The summed E-state index contributed by atoms with van der Waals surface area (Å²) in [6, 6.07) is 8.67. The van der Waals surface area contributed by atoms with E-state index in [0.29, 0.717) is 18.9 Å². The normalized spacial score (nSPS) is 15.3. The first-order valence-corrected chi connectivity index (χ1v) is 9.82. The second-order valence-electron chi connectivity index (χ2n) is 7.61. The number of benzene rings is 1. The third kappa shape index (κ3) is 4.32. The van der Waals surface area contributed by atoms with Gasteiger partial charge >= 0.3 is 0 Å². The number of carbonyl (C=O) groups is 1. The maximum atomic E-state index is 12.2. The molecule has 2 aromatic rings. The van der Waals surface area contributed by atoms with Gasteiger partial charge in [0.25, 0.3) is 0 Å². The predicted molar refractivity (Wildman–Crippen MR) is 107 cm³/mol. The zero-order chi connectivity index (χ0) is 18.7. The average molecular weight is 354 g/mol. The molecule has 1 fully saturated rings. The fourth-order valence-electron chi connectivity index (χ4n) is 3.10. The largest absolute Gasteiger partial charge is 0.354 e. The maximum Gasteiger partial charge on any atom is 0.221 e. The van der Waals surface area contributed by atoms with Crippen LogP contribution >= 0.6 is 0 Å². The fourth-order valence-corrected chi connectivity index (χ4v) is 3.10. The van der Waals surface area contributed by atoms with Crippen LogP contribution in [0.1, 0.15) is 65.1 Å². The lowest BCUT2D eigenvalue weighted by Crippen LogP contribution is -2.38. The van der Waals surface area contributed by atoms with Gasteiger partial charge in [0.1, 0.15) is 11.6 Å². The highest BCUT2D eigenvalue weighted by atomic mass is 16.1. The molecule has 0 bridgehead atoms. The Morgan fingerprint density at radius 3 is 2.62 bits per heavy atom. The fraction of sp³-hybridized carbons (Fsp3) is 0.571. The van der Waals surface area contributed by atoms with Gasteiger partial charge in [-0.25, -0.2) is 9.97 Å². The van der Waals surface area contributed by atoms with E-state index in [1.165, 1.54) is 12.8 Å². The first-order chi connectivity index (χ1) is 12.5. The number of nitrogens with zero attached hydrogens (tertiary/aromatic N) is 3. The zero-order valence-electron chi connectivity index (χ0n) is 16.3. The van der Waals surface area contributed by atoms with Crippen LogP contribution in [0.15, 0.2) is 24.3 Å². The van der Waals surface area contributed by atoms with Crippen molar-refractivity contribution < 1.29 is 4.79 Å². The molecular weight excluding hydrogens is 324 g/mol. The molecule has 5 heteroatoms. The number of aromatic nitrogens is 2. The van der Waals surface area contributed by atoms with Crippen LogP contribution in [0.5, 0.6) is 0 Å². The smallest absolute Gasteiger partial charge is 0.221 e. The number of carbonyl (C=O) groups excluding carboxylic acids is 1. The van der Waals surface area contributed by atoms with Crippen molar-refractivity contribution in [2.75, 3.05) is 11.4 Å². The van der Waals surface area contributed by atoms with Crippen LogP contribution in [0.2, 0.25) is 0 Å². The van der Waals surface area contributed by atoms with E-state index in [4.69, 9.17) is 9.97 Å². The van der Waals surface area contributed by atoms with Crippen LogP contribution in [0, 0.1) is 0 Å². The van der Waals surface area contributed by atoms with E-state index in [1.54, 1.807) is 0 Å². The average Bonchev–Trinajstić information content (AvgIpc) is 3.46. The molecule has 3 rings (SSSR count). The minimum Gasteiger partial charge on any atom is -0.354 e. The van der Waals surface area contributed by atoms with Gasteiger partial charge in [-0.15, -0.1) is 0 Å². The highest BCUT2D eigenvalue weighted by Crippen LogP contribution is 2.40. The number of hydrogen-bond donors (Lipinski definition) is 1. The highest BCUT2D eigenvalue weighted by Gasteiger charge is 2.28. The van der Waals surface area contributed by atoms with Crippen LogP contribution < -0.4 is 10.2 Å². The number of anilines is 1. The van der Waals surface area contributed by atoms with Gasteiger partial charge in [0, 0.05) is 36.4 Å². The molecule has 1 heterocycles. The Balaban J connectivity index is 1.86. The van der Waals surface area contributed by atoms with E-state index in [0.717, 1.165) is 29.0 Å². The molecule has 0 radical (unpaired) electrons. The molecule has 1 atom stereocenters. The van der Waals surface area contributed by atoms with Crippen molar-refractivity contribution in [3.05, 3.63) is 30.1 Å². The Hall–Kier alpha value is -2.17. The summed E-state index contributed by atoms with van der Waals surface area (Å²) in [6.07, 6.45) is 3.77. The molecule has 1 N–H and O–H groups in total. The van der Waals surface area contributed by atoms with Crippen LogP contribution in [0.4, 0.5) is 5.82 Å². The number of para-hydroxylation sites is 1. The topological polar surface area (TPSA) is 58.1 Å². The van der Waals surface area contributed by atoms with Crippen molar-refractivity contribution >= 4 is 22.6 Å². The lowest BCUT2D eigenvalue weighted by atomic mass is 10.1. The summed E-state index contributed by atoms with van der Waals surface area (Å²) in [4.78, 5) is 24.2. The molecule has 1 aliphatic carbocycles. The third-order valence-electron chi connectivity index (χ3n) is 5.04. The van der Waals surface area contributed by atoms with E-state index >= 15 is 0 Å². The van der Waals surface area contributed by atoms with Crippen molar-refractivity contribution in [2.24, 2.45) is 0 Å². The minimum absolute atomic E-state index is 0.103. The number of nitrogens with one attached hydrogen (secondary N) is 1. The second-order valence-corrected chi connectivity index (χ2v) is 7.61. The molecule has 140 valence electrons. The van der Waals surface area contributed by atoms with Gasteiger partial charge < -0.3 is 10.2 Å². The molecule has 0 spiro atoms. The van der Waals surface area contributed by atoms with Crippen LogP contribution in [0.3, 0.4) is 0 Å². The van der Waals surface area contributed by atoms with Gasteiger partial charge in [-0.2, -0.15) is 0 Å². The van der Waals surface area contributed by atoms with Crippen LogP contribution in [0.25, 0.3) is 10.9 Å². The highest BCUT2D eigenvalue weighted by molar-refractivity contribution is 5.90. The predicted octanol–water partition coefficient (Wildman–Crippen LogP) is 4.03. The second kappa shape index (κ2) is 8.02. The Labute approximate surface area is 156 Å². The lowest BCUT2D eigenvalue weighted by molar-refractivity contribution is -0.121. The van der Waals surface area contributed by atoms with Gasteiger partial charge in [0.05, 0.1) is 5.52 Å². The molecule has 1 aliphatic rings. The first kappa shape index (κ1) is 18.6. The Kier molecular flexibility index (Phi) is 5.74. The van der Waals surface area contributed by atoms with E-state index in [9.17, 15) is 4.79 Å². The van der Waals surface area contributed by atoms with Crippen molar-refractivity contribution in [3.8, 4) is 0 Å². The van der Waals surface area contributed by atoms with E-state index in [-0.39, 0.29) is 18.0 Å². The molecule has 1 saturated carbocycles. The number of hydrogen-bond acceptors (Lipinski definition) is 4. The SMILES string of the molecule is CCC(C)NC(=O)CCN(c1nc(C2CC2)nc2ccccc12)C(C)C. The standard InChI is InChI=1S/C21H30N4O/c1-5-15(4)22-19(26)12-13-25(14(2)3)21-17-8-6-7-9-18(17)23-20(24-21)16-10-11-16/h6-9,14-16H,5,10-13H2,1-4H3,(H,22,26). The monoisotopic (exact) mass is 354 g/mol. The Morgan fingerprint density at radius 1 is 1.23 bits per heavy atom. The summed E-state index contributed by atoms with van der Waals surface area (Å²) >= 11 is 0. The molecule has 0 saturated heterocycles. The molecular formula is C21H30N4O. The molecule has 0 aliphatic heterocycles. The summed E-state index contributed by atoms with van der Waals surface area (Å²) in [6.45, 7) is 9.08. The van der Waals surface area contributed by atoms with Gasteiger partial charge in [-0.05, 0) is 52.2 Å². The third-order valence-corrected chi connectivity index (χ3v) is 5.04. The van der Waals surface area contributed by atoms with E-state index < -0.39 is 0 Å². The van der Waals surface area contributed by atoms with E-state index in [1.807, 2.05) is 19.1 Å². The Morgan fingerprint density at radius 2 is 1.96 bits per heavy atom. The molecule has 1 amide bonds. The van der Waals surface area contributed by atoms with Gasteiger partial charge in [-0.3, -0.25) is 4.79 Å². The minimum atomic E-state index is 0.103. The van der Waals surface area contributed by atoms with Gasteiger partial charge in [-0.1, -0.05) is 19.1 Å². The molecule has 5 nitrogen and oxygen atoms in total. The van der Waals surface area contributed by atoms with E-state index in [2.05, 4.69) is 43.1 Å². The summed E-state index contributed by atoms with van der Waals surface area (Å²) in [5, 5.41) is 4.12. The molecule has 26 heavy (non-hydrogen) atoms. The van der Waals surface area contributed by atoms with Gasteiger partial charge in [0.2, 0.25) is 5.91 Å². The van der Waals surface area contributed by atoms with Crippen molar-refractivity contribution in [2.45, 2.75) is 71.4 Å². The number of fused-ring (bicyclic) bond motifs is 1. The summed E-state index contributed by atoms with van der Waals surface area (Å²) in [5.74, 6) is 2.52. The Bertz CT molecular complexity index is 770. The van der Waals surface area contributed by atoms with Crippen molar-refractivity contribution in [1.29, 1.82) is 0 Å². The quantitative estimate of drug-likeness (QED) is 0.778. The maximum absolute atomic E-state index is 12.2. The first-order valence-electron chi connectivity index (χ1n) is 9.82. The summed E-state index contributed by atoms with van der Waals surface area (Å²) < 4.78 is 0. The van der Waals surface area contributed by atoms with Crippen LogP contribution in [-0.2, 0) is 4.79 Å². The number of amides is 1. The molecule has 1 aromatic heterocycles. The van der Waals surface area contributed by atoms with Gasteiger partial charge in [0.15, 0.2) is 0 Å². The zero-order valence-corrected chi connectivity index (χ0v) is 16.3. The van der Waals surface area contributed by atoms with Crippen molar-refractivity contribution in [3.63, 3.8) is 0 Å². The molecule has 1 unspecified atom stereocenters. The summed E-state index contributed by atoms with van der Waals surface area (Å²) in [5.41, 5.74) is 0.995. The van der Waals surface area contributed by atoms with Crippen molar-refractivity contribution in [1.82, 2.24) is 15.3 Å². The van der Waals surface area contributed by atoms with Crippen LogP contribution in [-0.4, -0.2) is 34.5 Å².